The van der Waals surface area contributed by atoms with E-state index in [0.29, 0.717) is 18.9 Å². The molecule has 2 aromatic rings. The van der Waals surface area contributed by atoms with Crippen LogP contribution < -0.4 is 0 Å². The van der Waals surface area contributed by atoms with Gasteiger partial charge in [0.05, 0.1) is 23.9 Å². The summed E-state index contributed by atoms with van der Waals surface area (Å²) in [4.78, 5) is 22.7. The van der Waals surface area contributed by atoms with Crippen LogP contribution in [0.1, 0.15) is 34.9 Å². The van der Waals surface area contributed by atoms with Gasteiger partial charge in [-0.2, -0.15) is 0 Å². The largest absolute Gasteiger partial charge is 0.367 e. The highest BCUT2D eigenvalue weighted by molar-refractivity contribution is 6.33. The van der Waals surface area contributed by atoms with Gasteiger partial charge in [-0.25, -0.2) is 9.97 Å². The van der Waals surface area contributed by atoms with E-state index in [9.17, 15) is 4.79 Å². The van der Waals surface area contributed by atoms with Crippen molar-refractivity contribution < 1.29 is 9.53 Å². The summed E-state index contributed by atoms with van der Waals surface area (Å²) < 4.78 is 5.98. The lowest BCUT2D eigenvalue weighted by atomic mass is 10.1. The average molecular weight is 332 g/mol. The summed E-state index contributed by atoms with van der Waals surface area (Å²) >= 11 is 6.10. The summed E-state index contributed by atoms with van der Waals surface area (Å²) in [5.74, 6) is 0.343. The summed E-state index contributed by atoms with van der Waals surface area (Å²) in [6.07, 6.45) is 1.26. The van der Waals surface area contributed by atoms with E-state index in [2.05, 4.69) is 9.97 Å². The van der Waals surface area contributed by atoms with Gasteiger partial charge in [0.2, 0.25) is 0 Å². The molecule has 0 aliphatic carbocycles. The molecule has 0 bridgehead atoms. The number of aryl methyl sites for hydroxylation is 1. The molecule has 0 saturated carbocycles. The van der Waals surface area contributed by atoms with Crippen molar-refractivity contribution in [2.45, 2.75) is 26.1 Å². The number of rotatable bonds is 2. The number of hydrogen-bond acceptors (Lipinski definition) is 4. The molecule has 1 saturated heterocycles. The number of benzene rings is 1. The Bertz CT molecular complexity index is 708. The molecule has 1 aromatic heterocycles. The predicted octanol–water partition coefficient (Wildman–Crippen LogP) is 3.04. The fourth-order valence-electron chi connectivity index (χ4n) is 2.72. The van der Waals surface area contributed by atoms with Gasteiger partial charge in [-0.3, -0.25) is 4.79 Å². The van der Waals surface area contributed by atoms with E-state index in [1.165, 1.54) is 6.20 Å². The Morgan fingerprint density at radius 3 is 2.78 bits per heavy atom. The minimum Gasteiger partial charge on any atom is -0.367 e. The maximum Gasteiger partial charge on any atom is 0.274 e. The van der Waals surface area contributed by atoms with E-state index in [4.69, 9.17) is 16.3 Å². The SMILES string of the molecule is Cc1ncc(Cl)c(C(=O)N2CC(C)OC(c3ccccc3)C2)n1. The third-order valence-corrected chi connectivity index (χ3v) is 4.06. The quantitative estimate of drug-likeness (QED) is 0.848. The topological polar surface area (TPSA) is 55.3 Å². The van der Waals surface area contributed by atoms with Gasteiger partial charge in [-0.1, -0.05) is 41.9 Å². The predicted molar refractivity (Wildman–Crippen MR) is 87.4 cm³/mol. The summed E-state index contributed by atoms with van der Waals surface area (Å²) in [6, 6.07) is 9.91. The molecule has 1 aliphatic rings. The van der Waals surface area contributed by atoms with Crippen LogP contribution in [0, 0.1) is 6.92 Å². The van der Waals surface area contributed by atoms with Crippen LogP contribution in [0.4, 0.5) is 0 Å². The molecule has 2 atom stereocenters. The van der Waals surface area contributed by atoms with Gasteiger partial charge >= 0.3 is 0 Å². The van der Waals surface area contributed by atoms with E-state index >= 15 is 0 Å². The Morgan fingerprint density at radius 2 is 2.04 bits per heavy atom. The molecular weight excluding hydrogens is 314 g/mol. The number of carbonyl (C=O) groups excluding carboxylic acids is 1. The zero-order valence-corrected chi connectivity index (χ0v) is 13.8. The molecule has 3 rings (SSSR count). The Hall–Kier alpha value is -1.98. The highest BCUT2D eigenvalue weighted by atomic mass is 35.5. The minimum absolute atomic E-state index is 0.0559. The number of ether oxygens (including phenoxy) is 1. The fraction of sp³-hybridized carbons (Fsp3) is 0.353. The van der Waals surface area contributed by atoms with Gasteiger partial charge in [0.15, 0.2) is 5.69 Å². The number of amides is 1. The standard InChI is InChI=1S/C17H18ClN3O2/c1-11-9-21(10-15(23-11)13-6-4-3-5-7-13)17(22)16-14(18)8-19-12(2)20-16/h3-8,11,15H,9-10H2,1-2H3. The molecule has 120 valence electrons. The zero-order valence-electron chi connectivity index (χ0n) is 13.1. The monoisotopic (exact) mass is 331 g/mol. The Labute approximate surface area is 140 Å². The molecule has 0 N–H and O–H groups in total. The first-order valence-electron chi connectivity index (χ1n) is 7.53. The second kappa shape index (κ2) is 6.64. The molecule has 6 heteroatoms. The van der Waals surface area contributed by atoms with E-state index in [1.54, 1.807) is 11.8 Å². The van der Waals surface area contributed by atoms with E-state index in [-0.39, 0.29) is 28.8 Å². The van der Waals surface area contributed by atoms with Crippen LogP contribution >= 0.6 is 11.6 Å². The van der Waals surface area contributed by atoms with Crippen LogP contribution in [0.25, 0.3) is 0 Å². The van der Waals surface area contributed by atoms with Crippen molar-refractivity contribution in [2.24, 2.45) is 0 Å². The lowest BCUT2D eigenvalue weighted by Crippen LogP contribution is -2.46. The van der Waals surface area contributed by atoms with E-state index in [0.717, 1.165) is 5.56 Å². The van der Waals surface area contributed by atoms with Crippen molar-refractivity contribution >= 4 is 17.5 Å². The number of nitrogens with zero attached hydrogens (tertiary/aromatic N) is 3. The Morgan fingerprint density at radius 1 is 1.30 bits per heavy atom. The van der Waals surface area contributed by atoms with Crippen molar-refractivity contribution in [1.82, 2.24) is 14.9 Å². The maximum atomic E-state index is 12.8. The first-order valence-corrected chi connectivity index (χ1v) is 7.91. The molecule has 2 heterocycles. The zero-order chi connectivity index (χ0) is 16.4. The van der Waals surface area contributed by atoms with Gasteiger partial charge in [0.25, 0.3) is 5.91 Å². The summed E-state index contributed by atoms with van der Waals surface area (Å²) in [7, 11) is 0. The lowest BCUT2D eigenvalue weighted by Gasteiger charge is -2.37. The molecule has 0 spiro atoms. The second-order valence-electron chi connectivity index (χ2n) is 5.67. The van der Waals surface area contributed by atoms with Crippen LogP contribution in [0.5, 0.6) is 0 Å². The molecular formula is C17H18ClN3O2. The molecule has 1 aliphatic heterocycles. The third kappa shape index (κ3) is 3.51. The van der Waals surface area contributed by atoms with Gasteiger partial charge < -0.3 is 9.64 Å². The van der Waals surface area contributed by atoms with Crippen LogP contribution in [0.3, 0.4) is 0 Å². The molecule has 5 nitrogen and oxygen atoms in total. The van der Waals surface area contributed by atoms with Gasteiger partial charge in [-0.15, -0.1) is 0 Å². The summed E-state index contributed by atoms with van der Waals surface area (Å²) in [5.41, 5.74) is 1.31. The molecule has 1 aromatic carbocycles. The summed E-state index contributed by atoms with van der Waals surface area (Å²) in [5, 5.41) is 0.274. The minimum atomic E-state index is -0.184. The summed E-state index contributed by atoms with van der Waals surface area (Å²) in [6.45, 7) is 4.69. The highest BCUT2D eigenvalue weighted by Crippen LogP contribution is 2.26. The van der Waals surface area contributed by atoms with Gasteiger partial charge in [0, 0.05) is 6.54 Å². The normalized spacial score (nSPS) is 21.3. The van der Waals surface area contributed by atoms with Crippen molar-refractivity contribution in [1.29, 1.82) is 0 Å². The number of morpholine rings is 1. The number of hydrogen-bond donors (Lipinski definition) is 0. The number of carbonyl (C=O) groups is 1. The second-order valence-corrected chi connectivity index (χ2v) is 6.08. The van der Waals surface area contributed by atoms with E-state index < -0.39 is 0 Å². The molecule has 0 radical (unpaired) electrons. The molecule has 2 unspecified atom stereocenters. The van der Waals surface area contributed by atoms with Crippen molar-refractivity contribution in [3.8, 4) is 0 Å². The molecule has 23 heavy (non-hydrogen) atoms. The Balaban J connectivity index is 1.84. The van der Waals surface area contributed by atoms with E-state index in [1.807, 2.05) is 37.3 Å². The fourth-order valence-corrected chi connectivity index (χ4v) is 2.90. The van der Waals surface area contributed by atoms with Crippen molar-refractivity contribution in [3.63, 3.8) is 0 Å². The number of halogens is 1. The van der Waals surface area contributed by atoms with Crippen LogP contribution in [-0.2, 0) is 4.74 Å². The maximum absolute atomic E-state index is 12.8. The van der Waals surface area contributed by atoms with Gasteiger partial charge in [-0.05, 0) is 19.4 Å². The molecule has 1 amide bonds. The van der Waals surface area contributed by atoms with Crippen LogP contribution in [0.2, 0.25) is 5.02 Å². The smallest absolute Gasteiger partial charge is 0.274 e. The van der Waals surface area contributed by atoms with Crippen LogP contribution in [0.15, 0.2) is 36.5 Å². The van der Waals surface area contributed by atoms with Crippen molar-refractivity contribution in [3.05, 3.63) is 58.6 Å². The average Bonchev–Trinajstić information content (AvgIpc) is 2.56. The van der Waals surface area contributed by atoms with Gasteiger partial charge in [0.1, 0.15) is 11.9 Å². The van der Waals surface area contributed by atoms with Crippen LogP contribution in [-0.4, -0.2) is 40.0 Å². The van der Waals surface area contributed by atoms with Crippen molar-refractivity contribution in [2.75, 3.05) is 13.1 Å². The Kier molecular flexibility index (Phi) is 4.59. The first-order chi connectivity index (χ1) is 11.0. The third-order valence-electron chi connectivity index (χ3n) is 3.79. The first kappa shape index (κ1) is 15.9. The molecule has 1 fully saturated rings. The number of aromatic nitrogens is 2. The highest BCUT2D eigenvalue weighted by Gasteiger charge is 2.31. The lowest BCUT2D eigenvalue weighted by molar-refractivity contribution is -0.0692.